The van der Waals surface area contributed by atoms with Crippen LogP contribution in [0.4, 0.5) is 0 Å². The number of sulfonamides is 1. The molecule has 19 heavy (non-hydrogen) atoms. The molecule has 106 valence electrons. The molecule has 2 rings (SSSR count). The lowest BCUT2D eigenvalue weighted by atomic mass is 9.91. The van der Waals surface area contributed by atoms with Gasteiger partial charge in [-0.25, -0.2) is 13.1 Å². The Morgan fingerprint density at radius 2 is 2.16 bits per heavy atom. The van der Waals surface area contributed by atoms with E-state index in [0.29, 0.717) is 19.0 Å². The zero-order valence-corrected chi connectivity index (χ0v) is 12.5. The number of nitrogens with one attached hydrogen (secondary N) is 1. The molecule has 1 N–H and O–H groups in total. The van der Waals surface area contributed by atoms with Crippen molar-refractivity contribution in [2.45, 2.75) is 18.8 Å². The van der Waals surface area contributed by atoms with Gasteiger partial charge in [0.2, 0.25) is 15.9 Å². The van der Waals surface area contributed by atoms with Gasteiger partial charge in [0.1, 0.15) is 5.75 Å². The molecule has 0 spiro atoms. The zero-order chi connectivity index (χ0) is 13.9. The van der Waals surface area contributed by atoms with Crippen LogP contribution in [0.25, 0.3) is 0 Å². The van der Waals surface area contributed by atoms with Crippen LogP contribution < -0.4 is 4.72 Å². The molecule has 0 aliphatic carbocycles. The van der Waals surface area contributed by atoms with Crippen LogP contribution >= 0.6 is 11.3 Å². The summed E-state index contributed by atoms with van der Waals surface area (Å²) in [6.07, 6.45) is 1.81. The molecule has 1 aliphatic rings. The van der Waals surface area contributed by atoms with Crippen LogP contribution in [-0.4, -0.2) is 45.1 Å². The van der Waals surface area contributed by atoms with E-state index in [2.05, 4.69) is 21.5 Å². The summed E-state index contributed by atoms with van der Waals surface area (Å²) in [4.78, 5) is 13.5. The van der Waals surface area contributed by atoms with E-state index in [4.69, 9.17) is 0 Å². The van der Waals surface area contributed by atoms with Crippen LogP contribution in [0, 0.1) is 0 Å². The third-order valence-electron chi connectivity index (χ3n) is 3.49. The summed E-state index contributed by atoms with van der Waals surface area (Å²) in [7, 11) is -2.14. The first-order valence-corrected chi connectivity index (χ1v) is 8.82. The highest BCUT2D eigenvalue weighted by Crippen LogP contribution is 2.29. The third kappa shape index (κ3) is 3.77. The van der Waals surface area contributed by atoms with Crippen LogP contribution in [0.1, 0.15) is 24.3 Å². The molecule has 5 nitrogen and oxygen atoms in total. The molecule has 0 saturated carbocycles. The van der Waals surface area contributed by atoms with Crippen molar-refractivity contribution < 1.29 is 13.2 Å². The highest BCUT2D eigenvalue weighted by atomic mass is 32.2. The Morgan fingerprint density at radius 1 is 1.47 bits per heavy atom. The highest BCUT2D eigenvalue weighted by molar-refractivity contribution is 7.90. The first-order valence-electron chi connectivity index (χ1n) is 6.23. The molecule has 1 fully saturated rings. The Kier molecular flexibility index (Phi) is 4.59. The molecule has 1 aliphatic heterocycles. The molecular formula is C12H18N2O3S2. The van der Waals surface area contributed by atoms with Crippen molar-refractivity contribution in [1.29, 1.82) is 0 Å². The fourth-order valence-electron chi connectivity index (χ4n) is 2.30. The minimum Gasteiger partial charge on any atom is -0.342 e. The van der Waals surface area contributed by atoms with Crippen LogP contribution in [-0.2, 0) is 14.8 Å². The molecule has 7 heteroatoms. The zero-order valence-electron chi connectivity index (χ0n) is 10.8. The Labute approximate surface area is 117 Å². The van der Waals surface area contributed by atoms with Crippen molar-refractivity contribution >= 4 is 27.3 Å². The van der Waals surface area contributed by atoms with E-state index >= 15 is 0 Å². The highest BCUT2D eigenvalue weighted by Gasteiger charge is 2.26. The van der Waals surface area contributed by atoms with E-state index in [0.717, 1.165) is 12.8 Å². The summed E-state index contributed by atoms with van der Waals surface area (Å²) >= 11 is 1.68. The Morgan fingerprint density at radius 3 is 2.68 bits per heavy atom. The molecule has 0 radical (unpaired) electrons. The Hall–Kier alpha value is -0.920. The van der Waals surface area contributed by atoms with Crippen molar-refractivity contribution in [2.75, 3.05) is 25.9 Å². The van der Waals surface area contributed by atoms with Crippen molar-refractivity contribution in [1.82, 2.24) is 9.62 Å². The van der Waals surface area contributed by atoms with Gasteiger partial charge in [0.15, 0.2) is 0 Å². The van der Waals surface area contributed by atoms with Gasteiger partial charge < -0.3 is 4.90 Å². The predicted octanol–water partition coefficient (Wildman–Crippen LogP) is 1.00. The topological polar surface area (TPSA) is 66.5 Å². The van der Waals surface area contributed by atoms with Gasteiger partial charge in [-0.1, -0.05) is 0 Å². The van der Waals surface area contributed by atoms with Crippen LogP contribution in [0.15, 0.2) is 16.8 Å². The number of carbonyl (C=O) groups is 1. The molecule has 0 aromatic carbocycles. The van der Waals surface area contributed by atoms with Gasteiger partial charge in [0, 0.05) is 13.1 Å². The minimum absolute atomic E-state index is 0.307. The average Bonchev–Trinajstić information content (AvgIpc) is 2.92. The molecule has 2 heterocycles. The Bertz CT molecular complexity index is 517. The second-order valence-corrected chi connectivity index (χ2v) is 7.38. The van der Waals surface area contributed by atoms with Gasteiger partial charge >= 0.3 is 0 Å². The summed E-state index contributed by atoms with van der Waals surface area (Å²) in [6.45, 7) is 1.27. The van der Waals surface area contributed by atoms with E-state index in [-0.39, 0.29) is 5.91 Å². The van der Waals surface area contributed by atoms with E-state index in [1.165, 1.54) is 12.6 Å². The van der Waals surface area contributed by atoms with E-state index in [1.54, 1.807) is 16.2 Å². The molecule has 1 saturated heterocycles. The SMILES string of the molecule is CNS(=O)(=O)CC(=O)N1CCC(c2ccsc2)CC1. The van der Waals surface area contributed by atoms with Crippen molar-refractivity contribution in [3.8, 4) is 0 Å². The number of hydrogen-bond acceptors (Lipinski definition) is 4. The third-order valence-corrected chi connectivity index (χ3v) is 5.44. The fraction of sp³-hybridized carbons (Fsp3) is 0.583. The molecule has 1 aromatic rings. The summed E-state index contributed by atoms with van der Waals surface area (Å²) in [5.74, 6) is -0.263. The maximum atomic E-state index is 11.9. The Balaban J connectivity index is 1.88. The van der Waals surface area contributed by atoms with Crippen molar-refractivity contribution in [3.63, 3.8) is 0 Å². The van der Waals surface area contributed by atoms with E-state index < -0.39 is 15.8 Å². The normalized spacial score (nSPS) is 17.6. The number of hydrogen-bond donors (Lipinski definition) is 1. The monoisotopic (exact) mass is 302 g/mol. The van der Waals surface area contributed by atoms with Crippen LogP contribution in [0.3, 0.4) is 0 Å². The number of likely N-dealkylation sites (tertiary alicyclic amines) is 1. The maximum absolute atomic E-state index is 11.9. The smallest absolute Gasteiger partial charge is 0.239 e. The van der Waals surface area contributed by atoms with Crippen molar-refractivity contribution in [2.24, 2.45) is 0 Å². The fourth-order valence-corrected chi connectivity index (χ4v) is 3.69. The number of rotatable bonds is 4. The number of nitrogens with zero attached hydrogens (tertiary/aromatic N) is 1. The molecule has 0 bridgehead atoms. The molecular weight excluding hydrogens is 284 g/mol. The molecule has 0 unspecified atom stereocenters. The lowest BCUT2D eigenvalue weighted by Crippen LogP contribution is -2.42. The lowest BCUT2D eigenvalue weighted by Gasteiger charge is -2.31. The first-order chi connectivity index (χ1) is 9.02. The first kappa shape index (κ1) is 14.5. The van der Waals surface area contributed by atoms with E-state index in [1.807, 2.05) is 0 Å². The second kappa shape index (κ2) is 6.02. The predicted molar refractivity (Wildman–Crippen MR) is 75.7 cm³/mol. The summed E-state index contributed by atoms with van der Waals surface area (Å²) in [5, 5.41) is 4.21. The number of thiophene rings is 1. The minimum atomic E-state index is -3.46. The van der Waals surface area contributed by atoms with Gasteiger partial charge in [0.05, 0.1) is 0 Å². The number of carbonyl (C=O) groups excluding carboxylic acids is 1. The quantitative estimate of drug-likeness (QED) is 0.902. The molecule has 0 atom stereocenters. The van der Waals surface area contributed by atoms with Crippen LogP contribution in [0.5, 0.6) is 0 Å². The summed E-state index contributed by atoms with van der Waals surface area (Å²) in [5.41, 5.74) is 1.33. The van der Waals surface area contributed by atoms with Gasteiger partial charge in [0.25, 0.3) is 0 Å². The van der Waals surface area contributed by atoms with Gasteiger partial charge in [-0.3, -0.25) is 4.79 Å². The largest absolute Gasteiger partial charge is 0.342 e. The lowest BCUT2D eigenvalue weighted by molar-refractivity contribution is -0.129. The number of amides is 1. The van der Waals surface area contributed by atoms with E-state index in [9.17, 15) is 13.2 Å². The van der Waals surface area contributed by atoms with Gasteiger partial charge in [-0.15, -0.1) is 0 Å². The standard InChI is InChI=1S/C12H18N2O3S2/c1-13-19(16,17)9-12(15)14-5-2-10(3-6-14)11-4-7-18-8-11/h4,7-8,10,13H,2-3,5-6,9H2,1H3. The van der Waals surface area contributed by atoms with Crippen LogP contribution in [0.2, 0.25) is 0 Å². The summed E-state index contributed by atoms with van der Waals surface area (Å²) in [6, 6.07) is 2.12. The van der Waals surface area contributed by atoms with Gasteiger partial charge in [-0.2, -0.15) is 11.3 Å². The maximum Gasteiger partial charge on any atom is 0.239 e. The second-order valence-electron chi connectivity index (χ2n) is 4.67. The molecule has 1 aromatic heterocycles. The molecule has 1 amide bonds. The summed E-state index contributed by atoms with van der Waals surface area (Å²) < 4.78 is 24.9. The average molecular weight is 302 g/mol. The van der Waals surface area contributed by atoms with Crippen molar-refractivity contribution in [3.05, 3.63) is 22.4 Å². The number of piperidine rings is 1. The van der Waals surface area contributed by atoms with Gasteiger partial charge in [-0.05, 0) is 48.2 Å².